The van der Waals surface area contributed by atoms with Gasteiger partial charge < -0.3 is 24.8 Å². The minimum atomic E-state index is -0.363. The van der Waals surface area contributed by atoms with E-state index in [-0.39, 0.29) is 30.2 Å². The highest BCUT2D eigenvalue weighted by Crippen LogP contribution is 2.42. The van der Waals surface area contributed by atoms with Crippen molar-refractivity contribution in [1.29, 1.82) is 0 Å². The number of ether oxygens (including phenoxy) is 1. The van der Waals surface area contributed by atoms with Gasteiger partial charge in [-0.25, -0.2) is 4.98 Å². The van der Waals surface area contributed by atoms with Crippen LogP contribution in [0.1, 0.15) is 48.7 Å². The monoisotopic (exact) mass is 415 g/mol. The number of aromatic amines is 1. The topological polar surface area (TPSA) is 116 Å². The summed E-state index contributed by atoms with van der Waals surface area (Å²) in [6, 6.07) is 10.1. The Hall–Kier alpha value is -2.71. The highest BCUT2D eigenvalue weighted by Gasteiger charge is 2.44. The number of nitrogens with zero attached hydrogens (tertiary/aromatic N) is 2. The van der Waals surface area contributed by atoms with Crippen molar-refractivity contribution in [3.05, 3.63) is 53.6 Å². The van der Waals surface area contributed by atoms with Gasteiger partial charge in [0.15, 0.2) is 0 Å². The number of likely N-dealkylation sites (tertiary alicyclic amines) is 1. The van der Waals surface area contributed by atoms with Crippen molar-refractivity contribution in [3.63, 3.8) is 0 Å². The van der Waals surface area contributed by atoms with E-state index in [1.54, 1.807) is 6.33 Å². The number of hydrogen-bond donors (Lipinski definition) is 3. The normalized spacial score (nSPS) is 22.8. The summed E-state index contributed by atoms with van der Waals surface area (Å²) in [7, 11) is 0. The van der Waals surface area contributed by atoms with E-state index in [2.05, 4.69) is 22.1 Å². The molecule has 2 atom stereocenters. The van der Waals surface area contributed by atoms with Crippen LogP contribution in [0.3, 0.4) is 0 Å². The maximum atomic E-state index is 12.6. The molecule has 2 aliphatic rings. The van der Waals surface area contributed by atoms with Crippen LogP contribution < -0.4 is 0 Å². The molecule has 1 spiro atoms. The van der Waals surface area contributed by atoms with Gasteiger partial charge in [-0.05, 0) is 25.3 Å². The second-order valence-electron chi connectivity index (χ2n) is 7.93. The number of carbonyl (C=O) groups is 2. The van der Waals surface area contributed by atoms with Gasteiger partial charge in [0.2, 0.25) is 5.91 Å². The third-order valence-corrected chi connectivity index (χ3v) is 5.94. The number of aliphatic hydroxyl groups excluding tert-OH is 1. The fourth-order valence-electron chi connectivity index (χ4n) is 4.34. The highest BCUT2D eigenvalue weighted by molar-refractivity contribution is 5.78. The third kappa shape index (κ3) is 5.25. The zero-order chi connectivity index (χ0) is 21.6. The average Bonchev–Trinajstić information content (AvgIpc) is 3.13. The lowest BCUT2D eigenvalue weighted by Crippen LogP contribution is -2.52. The van der Waals surface area contributed by atoms with E-state index in [0.29, 0.717) is 32.4 Å². The number of nitrogens with one attached hydrogen (secondary N) is 1. The number of aryl methyl sites for hydroxylation is 1. The van der Waals surface area contributed by atoms with E-state index in [0.717, 1.165) is 29.8 Å². The molecule has 8 heteroatoms. The molecule has 0 bridgehead atoms. The molecular formula is C22H29N3O5. The molecule has 8 nitrogen and oxygen atoms in total. The van der Waals surface area contributed by atoms with Crippen LogP contribution in [-0.4, -0.2) is 62.3 Å². The van der Waals surface area contributed by atoms with Crippen LogP contribution in [0, 0.1) is 6.92 Å². The molecular weight excluding hydrogens is 386 g/mol. The summed E-state index contributed by atoms with van der Waals surface area (Å²) >= 11 is 0. The standard InChI is InChI=1S/C21H27N3O3.CH2O2/c1-15-18(23-14-22-15)12-20(26)24-9-7-21(8-10-24)13-17(25)11-19(27-21)16-5-3-2-4-6-16;2-1-3/h2-6,14,17,19,25H,7-13H2,1H3,(H,22,23);1H,(H,2,3)/t17-,19+;/m0./s1. The molecule has 0 saturated carbocycles. The third-order valence-electron chi connectivity index (χ3n) is 5.94. The lowest BCUT2D eigenvalue weighted by Gasteiger charge is -2.48. The van der Waals surface area contributed by atoms with Gasteiger partial charge in [-0.2, -0.15) is 0 Å². The Morgan fingerprint density at radius 2 is 2.00 bits per heavy atom. The van der Waals surface area contributed by atoms with Crippen LogP contribution in [0.25, 0.3) is 0 Å². The first-order valence-corrected chi connectivity index (χ1v) is 10.2. The molecule has 2 fully saturated rings. The second-order valence-corrected chi connectivity index (χ2v) is 7.93. The van der Waals surface area contributed by atoms with Crippen molar-refractivity contribution < 1.29 is 24.5 Å². The van der Waals surface area contributed by atoms with Gasteiger partial charge in [-0.3, -0.25) is 9.59 Å². The van der Waals surface area contributed by atoms with Gasteiger partial charge >= 0.3 is 0 Å². The Bertz CT molecular complexity index is 830. The molecule has 0 unspecified atom stereocenters. The Morgan fingerprint density at radius 3 is 2.60 bits per heavy atom. The number of carbonyl (C=O) groups excluding carboxylic acids is 1. The Kier molecular flexibility index (Phi) is 7.23. The van der Waals surface area contributed by atoms with Crippen molar-refractivity contribution in [3.8, 4) is 0 Å². The van der Waals surface area contributed by atoms with E-state index < -0.39 is 0 Å². The lowest BCUT2D eigenvalue weighted by atomic mass is 9.81. The first-order chi connectivity index (χ1) is 14.5. The van der Waals surface area contributed by atoms with E-state index in [1.807, 2.05) is 30.0 Å². The number of aliphatic hydroxyl groups is 1. The molecule has 3 N–H and O–H groups in total. The van der Waals surface area contributed by atoms with E-state index in [4.69, 9.17) is 14.6 Å². The van der Waals surface area contributed by atoms with Gasteiger partial charge in [0.05, 0.1) is 36.3 Å². The highest BCUT2D eigenvalue weighted by atomic mass is 16.5. The lowest BCUT2D eigenvalue weighted by molar-refractivity contribution is -0.185. The number of carboxylic acid groups (broad SMARTS) is 1. The number of rotatable bonds is 3. The molecule has 3 heterocycles. The van der Waals surface area contributed by atoms with E-state index >= 15 is 0 Å². The molecule has 30 heavy (non-hydrogen) atoms. The van der Waals surface area contributed by atoms with Gasteiger partial charge in [-0.1, -0.05) is 30.3 Å². The predicted octanol–water partition coefficient (Wildman–Crippen LogP) is 2.24. The van der Waals surface area contributed by atoms with Gasteiger partial charge in [0, 0.05) is 31.6 Å². The van der Waals surface area contributed by atoms with Crippen LogP contribution in [0.2, 0.25) is 0 Å². The van der Waals surface area contributed by atoms with Crippen LogP contribution in [0.4, 0.5) is 0 Å². The first kappa shape index (κ1) is 22.0. The summed E-state index contributed by atoms with van der Waals surface area (Å²) in [5, 5.41) is 17.4. The number of H-pyrrole nitrogens is 1. The van der Waals surface area contributed by atoms with Crippen LogP contribution in [0.5, 0.6) is 0 Å². The van der Waals surface area contributed by atoms with Crippen molar-refractivity contribution >= 4 is 12.4 Å². The summed E-state index contributed by atoms with van der Waals surface area (Å²) in [5.41, 5.74) is 2.54. The summed E-state index contributed by atoms with van der Waals surface area (Å²) in [5.74, 6) is 0.107. The summed E-state index contributed by atoms with van der Waals surface area (Å²) < 4.78 is 6.51. The summed E-state index contributed by atoms with van der Waals surface area (Å²) in [6.45, 7) is 3.01. The average molecular weight is 415 g/mol. The van der Waals surface area contributed by atoms with Crippen molar-refractivity contribution in [1.82, 2.24) is 14.9 Å². The minimum Gasteiger partial charge on any atom is -0.483 e. The van der Waals surface area contributed by atoms with Crippen molar-refractivity contribution in [2.45, 2.75) is 56.8 Å². The Labute approximate surface area is 175 Å². The molecule has 0 radical (unpaired) electrons. The van der Waals surface area contributed by atoms with Crippen LogP contribution in [-0.2, 0) is 20.7 Å². The molecule has 4 rings (SSSR count). The summed E-state index contributed by atoms with van der Waals surface area (Å²) in [6.07, 6.45) is 4.32. The maximum absolute atomic E-state index is 12.6. The fourth-order valence-corrected chi connectivity index (χ4v) is 4.34. The number of hydrogen-bond acceptors (Lipinski definition) is 5. The molecule has 2 saturated heterocycles. The minimum absolute atomic E-state index is 0.0797. The number of benzene rings is 1. The number of piperidine rings is 1. The number of amides is 1. The van der Waals surface area contributed by atoms with Gasteiger partial charge in [0.25, 0.3) is 6.47 Å². The zero-order valence-corrected chi connectivity index (χ0v) is 17.2. The largest absolute Gasteiger partial charge is 0.483 e. The van der Waals surface area contributed by atoms with Crippen LogP contribution in [0.15, 0.2) is 36.7 Å². The SMILES string of the molecule is Cc1[nH]cnc1CC(=O)N1CCC2(CC1)C[C@@H](O)C[C@H](c1ccccc1)O2.O=CO. The maximum Gasteiger partial charge on any atom is 0.290 e. The van der Waals surface area contributed by atoms with Crippen molar-refractivity contribution in [2.75, 3.05) is 13.1 Å². The fraction of sp³-hybridized carbons (Fsp3) is 0.500. The Balaban J connectivity index is 0.000000806. The molecule has 1 aromatic carbocycles. The van der Waals surface area contributed by atoms with E-state index in [9.17, 15) is 9.90 Å². The molecule has 1 amide bonds. The van der Waals surface area contributed by atoms with Crippen LogP contribution >= 0.6 is 0 Å². The smallest absolute Gasteiger partial charge is 0.290 e. The molecule has 2 aliphatic heterocycles. The van der Waals surface area contributed by atoms with Gasteiger partial charge in [-0.15, -0.1) is 0 Å². The van der Waals surface area contributed by atoms with Crippen molar-refractivity contribution in [2.24, 2.45) is 0 Å². The molecule has 162 valence electrons. The molecule has 0 aliphatic carbocycles. The molecule has 1 aromatic heterocycles. The van der Waals surface area contributed by atoms with Gasteiger partial charge in [0.1, 0.15) is 0 Å². The zero-order valence-electron chi connectivity index (χ0n) is 17.2. The molecule has 2 aromatic rings. The Morgan fingerprint density at radius 1 is 1.33 bits per heavy atom. The first-order valence-electron chi connectivity index (χ1n) is 10.2. The second kappa shape index (κ2) is 9.86. The summed E-state index contributed by atoms with van der Waals surface area (Å²) in [4.78, 5) is 30.1. The number of imidazole rings is 1. The number of aromatic nitrogens is 2. The quantitative estimate of drug-likeness (QED) is 0.662. The van der Waals surface area contributed by atoms with E-state index in [1.165, 1.54) is 0 Å². The predicted molar refractivity (Wildman–Crippen MR) is 110 cm³/mol.